The summed E-state index contributed by atoms with van der Waals surface area (Å²) >= 11 is 0. The molecule has 3 rings (SSSR count). The third-order valence-corrected chi connectivity index (χ3v) is 3.67. The summed E-state index contributed by atoms with van der Waals surface area (Å²) in [4.78, 5) is 10.8. The zero-order valence-corrected chi connectivity index (χ0v) is 11.1. The minimum absolute atomic E-state index is 0.273. The van der Waals surface area contributed by atoms with Gasteiger partial charge in [-0.3, -0.25) is 0 Å². The van der Waals surface area contributed by atoms with E-state index < -0.39 is 5.97 Å². The number of carboxylic acid groups (broad SMARTS) is 1. The van der Waals surface area contributed by atoms with Crippen LogP contribution in [0.4, 0.5) is 0 Å². The second-order valence-corrected chi connectivity index (χ2v) is 5.07. The van der Waals surface area contributed by atoms with Gasteiger partial charge < -0.3 is 9.84 Å². The quantitative estimate of drug-likeness (QED) is 0.923. The molecule has 1 aliphatic rings. The monoisotopic (exact) mass is 268 g/mol. The molecule has 2 aromatic carbocycles. The van der Waals surface area contributed by atoms with Gasteiger partial charge in [0.1, 0.15) is 12.4 Å². The summed E-state index contributed by atoms with van der Waals surface area (Å²) in [6.07, 6.45) is 3.60. The van der Waals surface area contributed by atoms with Crippen LogP contribution in [0, 0.1) is 0 Å². The van der Waals surface area contributed by atoms with Crippen molar-refractivity contribution in [3.8, 4) is 5.75 Å². The largest absolute Gasteiger partial charge is 0.489 e. The summed E-state index contributed by atoms with van der Waals surface area (Å²) in [5.74, 6) is -0.231. The van der Waals surface area contributed by atoms with Crippen LogP contribution in [0.25, 0.3) is 0 Å². The molecule has 0 radical (unpaired) electrons. The van der Waals surface area contributed by atoms with Crippen molar-refractivity contribution in [1.82, 2.24) is 0 Å². The summed E-state index contributed by atoms with van der Waals surface area (Å²) < 4.78 is 5.69. The molecule has 3 heteroatoms. The van der Waals surface area contributed by atoms with Crippen LogP contribution >= 0.6 is 0 Å². The number of rotatable bonds is 4. The van der Waals surface area contributed by atoms with Gasteiger partial charge in [-0.1, -0.05) is 18.2 Å². The van der Waals surface area contributed by atoms with Crippen LogP contribution in [-0.4, -0.2) is 11.1 Å². The minimum atomic E-state index is -0.921. The molecule has 0 bridgehead atoms. The molecule has 0 atom stereocenters. The van der Waals surface area contributed by atoms with E-state index in [0.717, 1.165) is 12.0 Å². The third-order valence-electron chi connectivity index (χ3n) is 3.67. The van der Waals surface area contributed by atoms with Crippen molar-refractivity contribution in [2.75, 3.05) is 0 Å². The Balaban J connectivity index is 1.65. The van der Waals surface area contributed by atoms with Crippen molar-refractivity contribution >= 4 is 5.97 Å². The van der Waals surface area contributed by atoms with Crippen LogP contribution in [0.3, 0.4) is 0 Å². The highest BCUT2D eigenvalue weighted by Crippen LogP contribution is 2.23. The zero-order valence-electron chi connectivity index (χ0n) is 11.1. The average molecular weight is 268 g/mol. The Labute approximate surface area is 117 Å². The Morgan fingerprint density at radius 1 is 1.05 bits per heavy atom. The number of carbonyl (C=O) groups is 1. The van der Waals surface area contributed by atoms with Gasteiger partial charge in [-0.15, -0.1) is 0 Å². The molecule has 0 heterocycles. The first-order valence-corrected chi connectivity index (χ1v) is 6.79. The standard InChI is InChI=1S/C17H16O3/c18-17(19)14-6-8-16(9-7-14)20-11-12-4-5-13-2-1-3-15(13)10-12/h4-10H,1-3,11H2,(H,18,19). The number of benzene rings is 2. The molecule has 0 aliphatic heterocycles. The molecule has 102 valence electrons. The molecule has 0 fully saturated rings. The van der Waals surface area contributed by atoms with E-state index in [9.17, 15) is 4.79 Å². The molecule has 0 saturated carbocycles. The van der Waals surface area contributed by atoms with Crippen LogP contribution < -0.4 is 4.74 Å². The molecular weight excluding hydrogens is 252 g/mol. The van der Waals surface area contributed by atoms with E-state index in [2.05, 4.69) is 18.2 Å². The number of fused-ring (bicyclic) bond motifs is 1. The minimum Gasteiger partial charge on any atom is -0.489 e. The normalized spacial score (nSPS) is 13.0. The van der Waals surface area contributed by atoms with Gasteiger partial charge in [-0.2, -0.15) is 0 Å². The van der Waals surface area contributed by atoms with Crippen molar-refractivity contribution in [2.24, 2.45) is 0 Å². The fraction of sp³-hybridized carbons (Fsp3) is 0.235. The van der Waals surface area contributed by atoms with E-state index in [1.54, 1.807) is 24.3 Å². The lowest BCUT2D eigenvalue weighted by Gasteiger charge is -2.08. The Kier molecular flexibility index (Phi) is 3.42. The maximum atomic E-state index is 10.8. The van der Waals surface area contributed by atoms with E-state index in [1.165, 1.54) is 24.0 Å². The third kappa shape index (κ3) is 2.67. The van der Waals surface area contributed by atoms with Gasteiger partial charge in [-0.25, -0.2) is 4.79 Å². The topological polar surface area (TPSA) is 46.5 Å². The molecule has 1 N–H and O–H groups in total. The van der Waals surface area contributed by atoms with Crippen LogP contribution in [0.2, 0.25) is 0 Å². The number of ether oxygens (including phenoxy) is 1. The molecule has 20 heavy (non-hydrogen) atoms. The summed E-state index contributed by atoms with van der Waals surface area (Å²) in [5.41, 5.74) is 4.33. The first kappa shape index (κ1) is 12.7. The van der Waals surface area contributed by atoms with E-state index in [1.807, 2.05) is 0 Å². The fourth-order valence-electron chi connectivity index (χ4n) is 2.58. The van der Waals surface area contributed by atoms with E-state index in [4.69, 9.17) is 9.84 Å². The Morgan fingerprint density at radius 2 is 1.80 bits per heavy atom. The average Bonchev–Trinajstić information content (AvgIpc) is 2.93. The van der Waals surface area contributed by atoms with E-state index in [-0.39, 0.29) is 5.56 Å². The van der Waals surface area contributed by atoms with Gasteiger partial charge in [0.15, 0.2) is 0 Å². The van der Waals surface area contributed by atoms with Crippen molar-refractivity contribution < 1.29 is 14.6 Å². The smallest absolute Gasteiger partial charge is 0.335 e. The summed E-state index contributed by atoms with van der Waals surface area (Å²) in [6, 6.07) is 13.0. The molecule has 0 amide bonds. The number of aromatic carboxylic acids is 1. The van der Waals surface area contributed by atoms with Gasteiger partial charge in [0, 0.05) is 0 Å². The van der Waals surface area contributed by atoms with Crippen molar-refractivity contribution in [3.63, 3.8) is 0 Å². The molecule has 2 aromatic rings. The number of hydrogen-bond acceptors (Lipinski definition) is 2. The second kappa shape index (κ2) is 5.37. The van der Waals surface area contributed by atoms with Crippen LogP contribution in [0.5, 0.6) is 5.75 Å². The molecule has 1 aliphatic carbocycles. The zero-order chi connectivity index (χ0) is 13.9. The first-order chi connectivity index (χ1) is 9.72. The Morgan fingerprint density at radius 3 is 2.55 bits per heavy atom. The van der Waals surface area contributed by atoms with Gasteiger partial charge in [0.2, 0.25) is 0 Å². The molecule has 0 spiro atoms. The predicted octanol–water partition coefficient (Wildman–Crippen LogP) is 3.45. The van der Waals surface area contributed by atoms with Gasteiger partial charge >= 0.3 is 5.97 Å². The fourth-order valence-corrected chi connectivity index (χ4v) is 2.58. The lowest BCUT2D eigenvalue weighted by Crippen LogP contribution is -1.98. The maximum Gasteiger partial charge on any atom is 0.335 e. The number of carboxylic acids is 1. The molecule has 0 unspecified atom stereocenters. The predicted molar refractivity (Wildman–Crippen MR) is 76.2 cm³/mol. The van der Waals surface area contributed by atoms with Gasteiger partial charge in [0.05, 0.1) is 5.56 Å². The summed E-state index contributed by atoms with van der Waals surface area (Å²) in [6.45, 7) is 0.514. The van der Waals surface area contributed by atoms with Crippen LogP contribution in [-0.2, 0) is 19.4 Å². The van der Waals surface area contributed by atoms with Gasteiger partial charge in [-0.05, 0) is 60.2 Å². The first-order valence-electron chi connectivity index (χ1n) is 6.79. The second-order valence-electron chi connectivity index (χ2n) is 5.07. The van der Waals surface area contributed by atoms with E-state index >= 15 is 0 Å². The highest BCUT2D eigenvalue weighted by molar-refractivity contribution is 5.87. The van der Waals surface area contributed by atoms with Crippen molar-refractivity contribution in [2.45, 2.75) is 25.9 Å². The van der Waals surface area contributed by atoms with Crippen LogP contribution in [0.15, 0.2) is 42.5 Å². The summed E-state index contributed by atoms with van der Waals surface area (Å²) in [7, 11) is 0. The molecular formula is C17H16O3. The van der Waals surface area contributed by atoms with Crippen molar-refractivity contribution in [1.29, 1.82) is 0 Å². The number of aryl methyl sites for hydroxylation is 2. The SMILES string of the molecule is O=C(O)c1ccc(OCc2ccc3c(c2)CCC3)cc1. The molecule has 3 nitrogen and oxygen atoms in total. The van der Waals surface area contributed by atoms with E-state index in [0.29, 0.717) is 12.4 Å². The maximum absolute atomic E-state index is 10.8. The molecule has 0 saturated heterocycles. The lowest BCUT2D eigenvalue weighted by atomic mass is 10.1. The lowest BCUT2D eigenvalue weighted by molar-refractivity contribution is 0.0697. The Hall–Kier alpha value is -2.29. The highest BCUT2D eigenvalue weighted by Gasteiger charge is 2.10. The Bertz CT molecular complexity index is 629. The highest BCUT2D eigenvalue weighted by atomic mass is 16.5. The van der Waals surface area contributed by atoms with Gasteiger partial charge in [0.25, 0.3) is 0 Å². The molecule has 0 aromatic heterocycles. The number of hydrogen-bond donors (Lipinski definition) is 1. The summed E-state index contributed by atoms with van der Waals surface area (Å²) in [5, 5.41) is 8.83. The van der Waals surface area contributed by atoms with Crippen molar-refractivity contribution in [3.05, 3.63) is 64.7 Å². The van der Waals surface area contributed by atoms with Crippen LogP contribution in [0.1, 0.15) is 33.5 Å².